The highest BCUT2D eigenvalue weighted by Gasteiger charge is 2.12. The Morgan fingerprint density at radius 3 is 2.65 bits per heavy atom. The van der Waals surface area contributed by atoms with Crippen LogP contribution in [0.2, 0.25) is 0 Å². The highest BCUT2D eigenvalue weighted by molar-refractivity contribution is 5.94. The van der Waals surface area contributed by atoms with Gasteiger partial charge in [-0.2, -0.15) is 0 Å². The lowest BCUT2D eigenvalue weighted by Crippen LogP contribution is -2.38. The number of benzene rings is 2. The standard InChI is InChI=1S/C18H15N3O5/c1-26-18(25)11-5-4-6-12(9-11)19-15(22)10-21-14-8-3-2-7-13(14)20-16(23)17(21)24/h2-9H,10H2,1H3,(H,19,22)(H,20,23). The number of nitrogens with zero attached hydrogens (tertiary/aromatic N) is 1. The van der Waals surface area contributed by atoms with Gasteiger partial charge in [0.2, 0.25) is 5.91 Å². The molecule has 8 nitrogen and oxygen atoms in total. The minimum atomic E-state index is -0.817. The van der Waals surface area contributed by atoms with Crippen LogP contribution < -0.4 is 16.4 Å². The maximum absolute atomic E-state index is 12.3. The molecule has 2 N–H and O–H groups in total. The number of rotatable bonds is 4. The van der Waals surface area contributed by atoms with Crippen molar-refractivity contribution in [1.82, 2.24) is 9.55 Å². The van der Waals surface area contributed by atoms with Crippen LogP contribution in [-0.4, -0.2) is 28.5 Å². The lowest BCUT2D eigenvalue weighted by Gasteiger charge is -2.10. The molecule has 0 saturated heterocycles. The van der Waals surface area contributed by atoms with Crippen molar-refractivity contribution in [2.75, 3.05) is 12.4 Å². The van der Waals surface area contributed by atoms with Crippen LogP contribution in [0.3, 0.4) is 0 Å². The van der Waals surface area contributed by atoms with E-state index in [-0.39, 0.29) is 12.1 Å². The van der Waals surface area contributed by atoms with E-state index in [1.807, 2.05) is 0 Å². The molecule has 132 valence electrons. The quantitative estimate of drug-likeness (QED) is 0.539. The molecule has 0 fully saturated rings. The Balaban J connectivity index is 1.89. The van der Waals surface area contributed by atoms with Gasteiger partial charge in [0.05, 0.1) is 23.7 Å². The van der Waals surface area contributed by atoms with E-state index in [9.17, 15) is 19.2 Å². The van der Waals surface area contributed by atoms with E-state index in [0.29, 0.717) is 16.7 Å². The lowest BCUT2D eigenvalue weighted by atomic mass is 10.2. The summed E-state index contributed by atoms with van der Waals surface area (Å²) in [5.74, 6) is -1.04. The van der Waals surface area contributed by atoms with Gasteiger partial charge in [-0.05, 0) is 30.3 Å². The van der Waals surface area contributed by atoms with Gasteiger partial charge in [0.25, 0.3) is 0 Å². The van der Waals surface area contributed by atoms with E-state index in [4.69, 9.17) is 0 Å². The number of aromatic amines is 1. The number of hydrogen-bond acceptors (Lipinski definition) is 5. The van der Waals surface area contributed by atoms with Crippen LogP contribution in [0.4, 0.5) is 5.69 Å². The molecule has 0 aliphatic heterocycles. The Hall–Kier alpha value is -3.68. The van der Waals surface area contributed by atoms with Crippen molar-refractivity contribution in [1.29, 1.82) is 0 Å². The van der Waals surface area contributed by atoms with E-state index in [1.54, 1.807) is 42.5 Å². The summed E-state index contributed by atoms with van der Waals surface area (Å²) in [6.07, 6.45) is 0. The molecule has 0 unspecified atom stereocenters. The number of esters is 1. The maximum atomic E-state index is 12.3. The number of H-pyrrole nitrogens is 1. The maximum Gasteiger partial charge on any atom is 0.337 e. The van der Waals surface area contributed by atoms with Crippen molar-refractivity contribution < 1.29 is 14.3 Å². The topological polar surface area (TPSA) is 110 Å². The van der Waals surface area contributed by atoms with Crippen LogP contribution in [0, 0.1) is 0 Å². The molecular formula is C18H15N3O5. The number of methoxy groups -OCH3 is 1. The summed E-state index contributed by atoms with van der Waals surface area (Å²) in [6.45, 7) is -0.342. The van der Waals surface area contributed by atoms with Gasteiger partial charge in [-0.3, -0.25) is 19.0 Å². The van der Waals surface area contributed by atoms with Crippen LogP contribution >= 0.6 is 0 Å². The van der Waals surface area contributed by atoms with Crippen molar-refractivity contribution in [2.24, 2.45) is 0 Å². The summed E-state index contributed by atoms with van der Waals surface area (Å²) >= 11 is 0. The average molecular weight is 353 g/mol. The Kier molecular flexibility index (Phi) is 4.66. The first kappa shape index (κ1) is 17.2. The molecule has 0 bridgehead atoms. The molecule has 26 heavy (non-hydrogen) atoms. The molecule has 0 atom stereocenters. The zero-order valence-electron chi connectivity index (χ0n) is 13.8. The van der Waals surface area contributed by atoms with E-state index >= 15 is 0 Å². The van der Waals surface area contributed by atoms with Gasteiger partial charge < -0.3 is 15.0 Å². The van der Waals surface area contributed by atoms with E-state index in [2.05, 4.69) is 15.0 Å². The number of para-hydroxylation sites is 2. The zero-order valence-corrected chi connectivity index (χ0v) is 13.8. The Bertz CT molecular complexity index is 1110. The number of amides is 1. The third kappa shape index (κ3) is 3.39. The van der Waals surface area contributed by atoms with Gasteiger partial charge in [-0.25, -0.2) is 4.79 Å². The second kappa shape index (κ2) is 7.06. The molecule has 0 radical (unpaired) electrons. The van der Waals surface area contributed by atoms with Gasteiger partial charge in [0.1, 0.15) is 6.54 Å². The van der Waals surface area contributed by atoms with Crippen molar-refractivity contribution in [3.05, 3.63) is 74.8 Å². The van der Waals surface area contributed by atoms with Crippen molar-refractivity contribution in [2.45, 2.75) is 6.54 Å². The van der Waals surface area contributed by atoms with Gasteiger partial charge in [0.15, 0.2) is 0 Å². The molecule has 3 aromatic rings. The van der Waals surface area contributed by atoms with Gasteiger partial charge in [-0.15, -0.1) is 0 Å². The third-order valence-corrected chi connectivity index (χ3v) is 3.75. The smallest absolute Gasteiger partial charge is 0.337 e. The molecule has 8 heteroatoms. The largest absolute Gasteiger partial charge is 0.465 e. The summed E-state index contributed by atoms with van der Waals surface area (Å²) in [7, 11) is 1.26. The third-order valence-electron chi connectivity index (χ3n) is 3.75. The predicted molar refractivity (Wildman–Crippen MR) is 95.2 cm³/mol. The first-order chi connectivity index (χ1) is 12.5. The number of aromatic nitrogens is 2. The molecular weight excluding hydrogens is 338 g/mol. The number of carbonyl (C=O) groups excluding carboxylic acids is 2. The lowest BCUT2D eigenvalue weighted by molar-refractivity contribution is -0.116. The van der Waals surface area contributed by atoms with Crippen molar-refractivity contribution in [3.8, 4) is 0 Å². The monoisotopic (exact) mass is 353 g/mol. The fraction of sp³-hybridized carbons (Fsp3) is 0.111. The molecule has 1 aromatic heterocycles. The minimum absolute atomic E-state index is 0.282. The molecule has 2 aromatic carbocycles. The Labute approximate surface area is 147 Å². The van der Waals surface area contributed by atoms with Crippen LogP contribution in [0.5, 0.6) is 0 Å². The van der Waals surface area contributed by atoms with Crippen molar-refractivity contribution >= 4 is 28.6 Å². The number of fused-ring (bicyclic) bond motifs is 1. The first-order valence-electron chi connectivity index (χ1n) is 7.69. The summed E-state index contributed by atoms with van der Waals surface area (Å²) in [4.78, 5) is 50.3. The molecule has 0 aliphatic rings. The van der Waals surface area contributed by atoms with Crippen LogP contribution in [0.15, 0.2) is 58.1 Å². The summed E-state index contributed by atoms with van der Waals surface area (Å²) < 4.78 is 5.74. The van der Waals surface area contributed by atoms with Crippen molar-refractivity contribution in [3.63, 3.8) is 0 Å². The summed E-state index contributed by atoms with van der Waals surface area (Å²) in [5, 5.41) is 2.60. The molecule has 3 rings (SSSR count). The van der Waals surface area contributed by atoms with Crippen LogP contribution in [0.1, 0.15) is 10.4 Å². The minimum Gasteiger partial charge on any atom is -0.465 e. The molecule has 0 aliphatic carbocycles. The molecule has 1 heterocycles. The van der Waals surface area contributed by atoms with E-state index in [1.165, 1.54) is 13.2 Å². The predicted octanol–water partition coefficient (Wildman–Crippen LogP) is 1.12. The SMILES string of the molecule is COC(=O)c1cccc(NC(=O)Cn2c(=O)c(=O)[nH]c3ccccc32)c1. The molecule has 1 amide bonds. The normalized spacial score (nSPS) is 10.5. The summed E-state index contributed by atoms with van der Waals surface area (Å²) in [6, 6.07) is 12.9. The van der Waals surface area contributed by atoms with E-state index in [0.717, 1.165) is 4.57 Å². The van der Waals surface area contributed by atoms with Crippen LogP contribution in [0.25, 0.3) is 11.0 Å². The van der Waals surface area contributed by atoms with Gasteiger partial charge in [-0.1, -0.05) is 18.2 Å². The number of anilines is 1. The number of carbonyl (C=O) groups is 2. The fourth-order valence-corrected chi connectivity index (χ4v) is 2.57. The Morgan fingerprint density at radius 1 is 1.12 bits per heavy atom. The second-order valence-corrected chi connectivity index (χ2v) is 5.48. The molecule has 0 spiro atoms. The van der Waals surface area contributed by atoms with Gasteiger partial charge >= 0.3 is 17.1 Å². The second-order valence-electron chi connectivity index (χ2n) is 5.48. The fourth-order valence-electron chi connectivity index (χ4n) is 2.57. The number of nitrogens with one attached hydrogen (secondary N) is 2. The Morgan fingerprint density at radius 2 is 1.88 bits per heavy atom. The van der Waals surface area contributed by atoms with E-state index < -0.39 is 23.0 Å². The first-order valence-corrected chi connectivity index (χ1v) is 7.69. The van der Waals surface area contributed by atoms with Gasteiger partial charge in [0, 0.05) is 5.69 Å². The average Bonchev–Trinajstić information content (AvgIpc) is 2.65. The number of ether oxygens (including phenoxy) is 1. The summed E-state index contributed by atoms with van der Waals surface area (Å²) in [5.41, 5.74) is -0.0660. The van der Waals surface area contributed by atoms with Crippen LogP contribution in [-0.2, 0) is 16.1 Å². The highest BCUT2D eigenvalue weighted by Crippen LogP contribution is 2.12. The molecule has 0 saturated carbocycles. The number of hydrogen-bond donors (Lipinski definition) is 2. The zero-order chi connectivity index (χ0) is 18.7. The highest BCUT2D eigenvalue weighted by atomic mass is 16.5.